The number of hydrogen-bond acceptors (Lipinski definition) is 4. The summed E-state index contributed by atoms with van der Waals surface area (Å²) in [5.41, 5.74) is 1.32. The maximum Gasteiger partial charge on any atom is 0.261 e. The predicted octanol–water partition coefficient (Wildman–Crippen LogP) is 3.47. The van der Waals surface area contributed by atoms with Crippen LogP contribution in [-0.4, -0.2) is 33.6 Å². The van der Waals surface area contributed by atoms with Gasteiger partial charge in [0.05, 0.1) is 22.3 Å². The SMILES string of the molecule is Cc1cc(S(=O)(=O)Nc2ccccc2C(=O)NCC2CCCO2)ccc1Br. The van der Waals surface area contributed by atoms with Gasteiger partial charge in [-0.3, -0.25) is 9.52 Å². The van der Waals surface area contributed by atoms with Crippen LogP contribution in [0.1, 0.15) is 28.8 Å². The van der Waals surface area contributed by atoms with Crippen LogP contribution in [0.4, 0.5) is 5.69 Å². The monoisotopic (exact) mass is 452 g/mol. The van der Waals surface area contributed by atoms with Gasteiger partial charge in [-0.2, -0.15) is 0 Å². The Morgan fingerprint density at radius 3 is 2.74 bits per heavy atom. The zero-order valence-corrected chi connectivity index (χ0v) is 17.3. The molecule has 0 radical (unpaired) electrons. The highest BCUT2D eigenvalue weighted by Crippen LogP contribution is 2.24. The van der Waals surface area contributed by atoms with Crippen LogP contribution >= 0.6 is 15.9 Å². The lowest BCUT2D eigenvalue weighted by atomic mass is 10.1. The van der Waals surface area contributed by atoms with Crippen molar-refractivity contribution in [3.8, 4) is 0 Å². The Morgan fingerprint density at radius 1 is 1.26 bits per heavy atom. The summed E-state index contributed by atoms with van der Waals surface area (Å²) in [6, 6.07) is 11.3. The maximum absolute atomic E-state index is 12.7. The minimum Gasteiger partial charge on any atom is -0.376 e. The quantitative estimate of drug-likeness (QED) is 0.702. The number of hydrogen-bond donors (Lipinski definition) is 2. The van der Waals surface area contributed by atoms with Crippen molar-refractivity contribution in [2.75, 3.05) is 17.9 Å². The molecule has 0 bridgehead atoms. The number of anilines is 1. The first-order chi connectivity index (χ1) is 12.9. The summed E-state index contributed by atoms with van der Waals surface area (Å²) < 4.78 is 34.3. The van der Waals surface area contributed by atoms with Crippen LogP contribution in [0.5, 0.6) is 0 Å². The molecular weight excluding hydrogens is 432 g/mol. The van der Waals surface area contributed by atoms with E-state index in [-0.39, 0.29) is 28.2 Å². The number of amides is 1. The van der Waals surface area contributed by atoms with Crippen LogP contribution in [0.25, 0.3) is 0 Å². The Bertz CT molecular complexity index is 940. The molecule has 0 aliphatic carbocycles. The van der Waals surface area contributed by atoms with Crippen molar-refractivity contribution in [1.82, 2.24) is 5.32 Å². The van der Waals surface area contributed by atoms with Gasteiger partial charge in [-0.25, -0.2) is 8.42 Å². The van der Waals surface area contributed by atoms with Crippen LogP contribution in [0.15, 0.2) is 51.8 Å². The van der Waals surface area contributed by atoms with Crippen molar-refractivity contribution in [2.24, 2.45) is 0 Å². The van der Waals surface area contributed by atoms with Crippen molar-refractivity contribution >= 4 is 37.5 Å². The lowest BCUT2D eigenvalue weighted by Gasteiger charge is -2.15. The molecule has 1 fully saturated rings. The van der Waals surface area contributed by atoms with Gasteiger partial charge in [-0.15, -0.1) is 0 Å². The third-order valence-electron chi connectivity index (χ3n) is 4.37. The Morgan fingerprint density at radius 2 is 2.04 bits per heavy atom. The zero-order valence-electron chi connectivity index (χ0n) is 14.9. The van der Waals surface area contributed by atoms with E-state index in [1.807, 2.05) is 6.92 Å². The van der Waals surface area contributed by atoms with E-state index in [2.05, 4.69) is 26.0 Å². The number of benzene rings is 2. The third-order valence-corrected chi connectivity index (χ3v) is 6.62. The summed E-state index contributed by atoms with van der Waals surface area (Å²) in [5.74, 6) is -0.337. The molecule has 0 saturated carbocycles. The molecule has 144 valence electrons. The minimum absolute atomic E-state index is 0.0172. The van der Waals surface area contributed by atoms with Gasteiger partial charge in [-0.05, 0) is 55.7 Å². The lowest BCUT2D eigenvalue weighted by molar-refractivity contribution is 0.0858. The second kappa shape index (κ2) is 8.41. The molecule has 2 aromatic rings. The fourth-order valence-corrected chi connectivity index (χ4v) is 4.28. The topological polar surface area (TPSA) is 84.5 Å². The van der Waals surface area contributed by atoms with Gasteiger partial charge >= 0.3 is 0 Å². The second-order valence-electron chi connectivity index (χ2n) is 6.41. The first kappa shape index (κ1) is 19.9. The second-order valence-corrected chi connectivity index (χ2v) is 8.94. The van der Waals surface area contributed by atoms with Crippen molar-refractivity contribution in [3.63, 3.8) is 0 Å². The summed E-state index contributed by atoms with van der Waals surface area (Å²) in [6.45, 7) is 2.94. The average Bonchev–Trinajstić information content (AvgIpc) is 3.15. The largest absolute Gasteiger partial charge is 0.376 e. The van der Waals surface area contributed by atoms with E-state index in [1.165, 1.54) is 6.07 Å². The van der Waals surface area contributed by atoms with Gasteiger partial charge in [0, 0.05) is 17.6 Å². The van der Waals surface area contributed by atoms with E-state index >= 15 is 0 Å². The average molecular weight is 453 g/mol. The van der Waals surface area contributed by atoms with E-state index in [1.54, 1.807) is 36.4 Å². The number of carbonyl (C=O) groups excluding carboxylic acids is 1. The summed E-state index contributed by atoms with van der Waals surface area (Å²) in [5, 5.41) is 2.82. The van der Waals surface area contributed by atoms with Gasteiger partial charge in [0.15, 0.2) is 0 Å². The van der Waals surface area contributed by atoms with Gasteiger partial charge in [0.2, 0.25) is 0 Å². The standard InChI is InChI=1S/C19H21BrN2O4S/c1-13-11-15(8-9-17(13)20)27(24,25)22-18-7-3-2-6-16(18)19(23)21-12-14-5-4-10-26-14/h2-3,6-9,11,14,22H,4-5,10,12H2,1H3,(H,21,23). The summed E-state index contributed by atoms with van der Waals surface area (Å²) in [6.07, 6.45) is 1.92. The number of aryl methyl sites for hydroxylation is 1. The van der Waals surface area contributed by atoms with Crippen molar-refractivity contribution < 1.29 is 17.9 Å². The number of halogens is 1. The third kappa shape index (κ3) is 4.88. The van der Waals surface area contributed by atoms with Crippen LogP contribution in [0.3, 0.4) is 0 Å². The molecular formula is C19H21BrN2O4S. The van der Waals surface area contributed by atoms with Gasteiger partial charge in [0.1, 0.15) is 0 Å². The lowest BCUT2D eigenvalue weighted by Crippen LogP contribution is -2.32. The molecule has 8 heteroatoms. The molecule has 2 aromatic carbocycles. The molecule has 3 rings (SSSR count). The van der Waals surface area contributed by atoms with Gasteiger partial charge in [-0.1, -0.05) is 28.1 Å². The maximum atomic E-state index is 12.7. The number of para-hydroxylation sites is 1. The predicted molar refractivity (Wildman–Crippen MR) is 107 cm³/mol. The summed E-state index contributed by atoms with van der Waals surface area (Å²) >= 11 is 3.36. The van der Waals surface area contributed by atoms with E-state index in [0.717, 1.165) is 22.9 Å². The van der Waals surface area contributed by atoms with Crippen LogP contribution in [-0.2, 0) is 14.8 Å². The minimum atomic E-state index is -3.81. The van der Waals surface area contributed by atoms with E-state index in [0.29, 0.717) is 13.2 Å². The summed E-state index contributed by atoms with van der Waals surface area (Å²) in [4.78, 5) is 12.7. The number of sulfonamides is 1. The molecule has 1 atom stereocenters. The van der Waals surface area contributed by atoms with Gasteiger partial charge in [0.25, 0.3) is 15.9 Å². The molecule has 0 spiro atoms. The van der Waals surface area contributed by atoms with Crippen molar-refractivity contribution in [1.29, 1.82) is 0 Å². The first-order valence-corrected chi connectivity index (χ1v) is 10.9. The Hall–Kier alpha value is -1.90. The Labute approximate surface area is 167 Å². The van der Waals surface area contributed by atoms with Crippen LogP contribution in [0.2, 0.25) is 0 Å². The fourth-order valence-electron chi connectivity index (χ4n) is 2.87. The number of ether oxygens (including phenoxy) is 1. The molecule has 1 amide bonds. The number of nitrogens with one attached hydrogen (secondary N) is 2. The molecule has 1 aliphatic heterocycles. The van der Waals surface area contributed by atoms with Gasteiger partial charge < -0.3 is 10.1 Å². The Balaban J connectivity index is 1.78. The highest BCUT2D eigenvalue weighted by molar-refractivity contribution is 9.10. The van der Waals surface area contributed by atoms with Crippen LogP contribution in [0, 0.1) is 6.92 Å². The molecule has 1 saturated heterocycles. The molecule has 27 heavy (non-hydrogen) atoms. The first-order valence-electron chi connectivity index (χ1n) is 8.64. The molecule has 1 aliphatic rings. The normalized spacial score (nSPS) is 16.9. The fraction of sp³-hybridized carbons (Fsp3) is 0.316. The number of rotatable bonds is 6. The molecule has 1 unspecified atom stereocenters. The zero-order chi connectivity index (χ0) is 19.4. The highest BCUT2D eigenvalue weighted by atomic mass is 79.9. The highest BCUT2D eigenvalue weighted by Gasteiger charge is 2.21. The Kier molecular flexibility index (Phi) is 6.18. The molecule has 2 N–H and O–H groups in total. The van der Waals surface area contributed by atoms with Crippen molar-refractivity contribution in [3.05, 3.63) is 58.1 Å². The van der Waals surface area contributed by atoms with E-state index < -0.39 is 10.0 Å². The van der Waals surface area contributed by atoms with E-state index in [9.17, 15) is 13.2 Å². The summed E-state index contributed by atoms with van der Waals surface area (Å²) in [7, 11) is -3.81. The molecule has 0 aromatic heterocycles. The molecule has 6 nitrogen and oxygen atoms in total. The smallest absolute Gasteiger partial charge is 0.261 e. The molecule has 1 heterocycles. The number of carbonyl (C=O) groups is 1. The van der Waals surface area contributed by atoms with E-state index in [4.69, 9.17) is 4.74 Å². The van der Waals surface area contributed by atoms with Crippen LogP contribution < -0.4 is 10.0 Å². The van der Waals surface area contributed by atoms with Crippen molar-refractivity contribution in [2.45, 2.75) is 30.8 Å².